The van der Waals surface area contributed by atoms with E-state index in [1.54, 1.807) is 14.2 Å². The molecular weight excluding hydrogens is 292 g/mol. The van der Waals surface area contributed by atoms with Crippen molar-refractivity contribution in [3.8, 4) is 11.5 Å². The summed E-state index contributed by atoms with van der Waals surface area (Å²) in [7, 11) is 3.25. The maximum absolute atomic E-state index is 6.10. The maximum atomic E-state index is 6.10. The molecule has 114 valence electrons. The van der Waals surface area contributed by atoms with Gasteiger partial charge in [0.2, 0.25) is 0 Å². The minimum atomic E-state index is -0.126. The molecule has 0 spiro atoms. The molecular formula is C15H19ClN2O3. The van der Waals surface area contributed by atoms with Gasteiger partial charge in [-0.3, -0.25) is 0 Å². The summed E-state index contributed by atoms with van der Waals surface area (Å²) in [6.07, 6.45) is 0.941. The van der Waals surface area contributed by atoms with Crippen LogP contribution in [0, 0.1) is 0 Å². The molecule has 1 aliphatic rings. The first-order chi connectivity index (χ1) is 10.1. The molecule has 0 bridgehead atoms. The van der Waals surface area contributed by atoms with Gasteiger partial charge in [0.15, 0.2) is 11.5 Å². The molecule has 2 heterocycles. The Bertz CT molecular complexity index is 662. The van der Waals surface area contributed by atoms with Crippen LogP contribution >= 0.6 is 11.6 Å². The van der Waals surface area contributed by atoms with Crippen molar-refractivity contribution in [2.75, 3.05) is 27.4 Å². The number of hydrogen-bond donors (Lipinski definition) is 0. The van der Waals surface area contributed by atoms with E-state index in [9.17, 15) is 0 Å². The van der Waals surface area contributed by atoms with Crippen molar-refractivity contribution in [2.45, 2.75) is 24.8 Å². The molecule has 1 aliphatic heterocycles. The molecule has 21 heavy (non-hydrogen) atoms. The molecule has 1 aromatic heterocycles. The van der Waals surface area contributed by atoms with Crippen molar-refractivity contribution < 1.29 is 14.2 Å². The van der Waals surface area contributed by atoms with Gasteiger partial charge < -0.3 is 18.8 Å². The van der Waals surface area contributed by atoms with Crippen molar-refractivity contribution in [3.63, 3.8) is 0 Å². The first-order valence-electron chi connectivity index (χ1n) is 6.90. The fourth-order valence-electron chi connectivity index (χ4n) is 2.98. The summed E-state index contributed by atoms with van der Waals surface area (Å²) >= 11 is 6.10. The number of alkyl halides is 1. The predicted molar refractivity (Wildman–Crippen MR) is 81.5 cm³/mol. The topological polar surface area (TPSA) is 45.5 Å². The van der Waals surface area contributed by atoms with E-state index in [0.29, 0.717) is 24.0 Å². The molecule has 1 unspecified atom stereocenters. The van der Waals surface area contributed by atoms with Gasteiger partial charge >= 0.3 is 0 Å². The van der Waals surface area contributed by atoms with E-state index >= 15 is 0 Å². The predicted octanol–water partition coefficient (Wildman–Crippen LogP) is 2.93. The van der Waals surface area contributed by atoms with Crippen LogP contribution in [-0.4, -0.2) is 37.0 Å². The highest BCUT2D eigenvalue weighted by atomic mass is 35.5. The highest BCUT2D eigenvalue weighted by Crippen LogP contribution is 2.37. The molecule has 1 aromatic carbocycles. The lowest BCUT2D eigenvalue weighted by molar-refractivity contribution is 0.162. The first kappa shape index (κ1) is 14.5. The molecule has 6 heteroatoms. The van der Waals surface area contributed by atoms with E-state index in [4.69, 9.17) is 25.8 Å². The fraction of sp³-hybridized carbons (Fsp3) is 0.533. The lowest BCUT2D eigenvalue weighted by atomic mass is 10.0. The van der Waals surface area contributed by atoms with E-state index in [0.717, 1.165) is 29.9 Å². The van der Waals surface area contributed by atoms with Crippen LogP contribution in [0.3, 0.4) is 0 Å². The SMILES string of the molecule is COc1cc2nc(CCl)n(C3(C)CCOC3)c2cc1OC. The zero-order valence-electron chi connectivity index (χ0n) is 12.5. The minimum absolute atomic E-state index is 0.126. The normalized spacial score (nSPS) is 21.9. The number of halogens is 1. The van der Waals surface area contributed by atoms with Crippen molar-refractivity contribution in [3.05, 3.63) is 18.0 Å². The largest absolute Gasteiger partial charge is 0.493 e. The third kappa shape index (κ3) is 2.24. The van der Waals surface area contributed by atoms with Crippen LogP contribution in [0.1, 0.15) is 19.2 Å². The van der Waals surface area contributed by atoms with Crippen molar-refractivity contribution >= 4 is 22.6 Å². The zero-order valence-corrected chi connectivity index (χ0v) is 13.2. The second-order valence-electron chi connectivity index (χ2n) is 5.49. The van der Waals surface area contributed by atoms with Crippen LogP contribution in [0.5, 0.6) is 11.5 Å². The smallest absolute Gasteiger partial charge is 0.163 e. The van der Waals surface area contributed by atoms with Crippen molar-refractivity contribution in [2.24, 2.45) is 0 Å². The van der Waals surface area contributed by atoms with E-state index in [1.807, 2.05) is 12.1 Å². The Morgan fingerprint density at radius 2 is 2.05 bits per heavy atom. The molecule has 0 saturated carbocycles. The van der Waals surface area contributed by atoms with Crippen molar-refractivity contribution in [1.82, 2.24) is 9.55 Å². The number of hydrogen-bond acceptors (Lipinski definition) is 4. The van der Waals surface area contributed by atoms with Crippen LogP contribution in [-0.2, 0) is 16.2 Å². The summed E-state index contributed by atoms with van der Waals surface area (Å²) < 4.78 is 18.5. The second-order valence-corrected chi connectivity index (χ2v) is 5.76. The van der Waals surface area contributed by atoms with Gasteiger partial charge in [0, 0.05) is 18.7 Å². The molecule has 1 fully saturated rings. The van der Waals surface area contributed by atoms with Gasteiger partial charge in [-0.2, -0.15) is 0 Å². The number of fused-ring (bicyclic) bond motifs is 1. The van der Waals surface area contributed by atoms with Gasteiger partial charge in [-0.05, 0) is 13.3 Å². The molecule has 1 atom stereocenters. The van der Waals surface area contributed by atoms with Gasteiger partial charge in [-0.1, -0.05) is 0 Å². The average Bonchev–Trinajstić information content (AvgIpc) is 3.09. The van der Waals surface area contributed by atoms with Crippen LogP contribution in [0.25, 0.3) is 11.0 Å². The number of benzene rings is 1. The minimum Gasteiger partial charge on any atom is -0.493 e. The molecule has 0 amide bonds. The molecule has 1 saturated heterocycles. The number of nitrogens with zero attached hydrogens (tertiary/aromatic N) is 2. The lowest BCUT2D eigenvalue weighted by Gasteiger charge is -2.27. The number of rotatable bonds is 4. The Hall–Kier alpha value is -1.46. The molecule has 2 aromatic rings. The Labute approximate surface area is 128 Å². The number of imidazole rings is 1. The summed E-state index contributed by atoms with van der Waals surface area (Å²) in [5, 5.41) is 0. The summed E-state index contributed by atoms with van der Waals surface area (Å²) in [6, 6.07) is 3.85. The maximum Gasteiger partial charge on any atom is 0.163 e. The number of aromatic nitrogens is 2. The Morgan fingerprint density at radius 1 is 1.33 bits per heavy atom. The first-order valence-corrected chi connectivity index (χ1v) is 7.44. The highest BCUT2D eigenvalue weighted by Gasteiger charge is 2.35. The summed E-state index contributed by atoms with van der Waals surface area (Å²) in [4.78, 5) is 4.64. The summed E-state index contributed by atoms with van der Waals surface area (Å²) in [5.41, 5.74) is 1.73. The van der Waals surface area contributed by atoms with E-state index in [-0.39, 0.29) is 5.54 Å². The average molecular weight is 311 g/mol. The monoisotopic (exact) mass is 310 g/mol. The molecule has 3 rings (SSSR count). The summed E-state index contributed by atoms with van der Waals surface area (Å²) in [5.74, 6) is 2.56. The third-order valence-electron chi connectivity index (χ3n) is 4.09. The van der Waals surface area contributed by atoms with Crippen LogP contribution in [0.4, 0.5) is 0 Å². The highest BCUT2D eigenvalue weighted by molar-refractivity contribution is 6.16. The van der Waals surface area contributed by atoms with Crippen molar-refractivity contribution in [1.29, 1.82) is 0 Å². The molecule has 0 aliphatic carbocycles. The molecule has 0 N–H and O–H groups in total. The van der Waals surface area contributed by atoms with Gasteiger partial charge in [0.25, 0.3) is 0 Å². The van der Waals surface area contributed by atoms with Crippen LogP contribution in [0.15, 0.2) is 12.1 Å². The van der Waals surface area contributed by atoms with Gasteiger partial charge in [-0.15, -0.1) is 11.6 Å². The quantitative estimate of drug-likeness (QED) is 0.815. The molecule has 0 radical (unpaired) electrons. The van der Waals surface area contributed by atoms with E-state index in [2.05, 4.69) is 16.5 Å². The van der Waals surface area contributed by atoms with E-state index in [1.165, 1.54) is 0 Å². The van der Waals surface area contributed by atoms with E-state index < -0.39 is 0 Å². The third-order valence-corrected chi connectivity index (χ3v) is 4.33. The fourth-order valence-corrected chi connectivity index (χ4v) is 3.16. The van der Waals surface area contributed by atoms with Crippen LogP contribution in [0.2, 0.25) is 0 Å². The van der Waals surface area contributed by atoms with Crippen LogP contribution < -0.4 is 9.47 Å². The second kappa shape index (κ2) is 5.39. The Kier molecular flexibility index (Phi) is 3.71. The van der Waals surface area contributed by atoms with Gasteiger partial charge in [0.05, 0.1) is 43.3 Å². The number of ether oxygens (including phenoxy) is 3. The summed E-state index contributed by atoms with van der Waals surface area (Å²) in [6.45, 7) is 3.59. The Balaban J connectivity index is 2.26. The van der Waals surface area contributed by atoms with Gasteiger partial charge in [0.1, 0.15) is 5.82 Å². The molecule has 5 nitrogen and oxygen atoms in total. The lowest BCUT2D eigenvalue weighted by Crippen LogP contribution is -2.31. The number of methoxy groups -OCH3 is 2. The Morgan fingerprint density at radius 3 is 2.62 bits per heavy atom. The zero-order chi connectivity index (χ0) is 15.0. The standard InChI is InChI=1S/C15H19ClN2O3/c1-15(4-5-21-9-15)18-11-7-13(20-3)12(19-2)6-10(11)17-14(18)8-16/h6-7H,4-5,8-9H2,1-3H3. The van der Waals surface area contributed by atoms with Gasteiger partial charge in [-0.25, -0.2) is 4.98 Å².